The minimum atomic E-state index is -3.33. The first kappa shape index (κ1) is 20.0. The van der Waals surface area contributed by atoms with Gasteiger partial charge in [-0.05, 0) is 30.2 Å². The monoisotopic (exact) mass is 401 g/mol. The van der Waals surface area contributed by atoms with Crippen molar-refractivity contribution in [3.8, 4) is 0 Å². The Balaban J connectivity index is 1.89. The summed E-state index contributed by atoms with van der Waals surface area (Å²) in [7, 11) is -1.85. The van der Waals surface area contributed by atoms with Gasteiger partial charge in [0.25, 0.3) is 5.91 Å². The van der Waals surface area contributed by atoms with Crippen LogP contribution in [0.15, 0.2) is 53.6 Å². The second-order valence-corrected chi connectivity index (χ2v) is 8.55. The van der Waals surface area contributed by atoms with Crippen LogP contribution in [-0.4, -0.2) is 45.0 Å². The second kappa shape index (κ2) is 8.12. The third-order valence-electron chi connectivity index (χ3n) is 4.38. The Morgan fingerprint density at radius 2 is 1.96 bits per heavy atom. The summed E-state index contributed by atoms with van der Waals surface area (Å²) in [5.74, 6) is -0.209. The molecule has 0 fully saturated rings. The van der Waals surface area contributed by atoms with Crippen LogP contribution in [-0.2, 0) is 19.6 Å². The van der Waals surface area contributed by atoms with Gasteiger partial charge in [0.2, 0.25) is 10.0 Å². The van der Waals surface area contributed by atoms with Gasteiger partial charge in [-0.15, -0.1) is 0 Å². The van der Waals surface area contributed by atoms with Crippen molar-refractivity contribution >= 4 is 27.3 Å². The second-order valence-electron chi connectivity index (χ2n) is 6.80. The van der Waals surface area contributed by atoms with Gasteiger partial charge in [0.05, 0.1) is 18.0 Å². The molecule has 1 amide bonds. The highest BCUT2D eigenvalue weighted by Gasteiger charge is 2.33. The summed E-state index contributed by atoms with van der Waals surface area (Å²) >= 11 is 0. The van der Waals surface area contributed by atoms with Crippen LogP contribution in [0.2, 0.25) is 0 Å². The largest absolute Gasteiger partial charge is 0.375 e. The van der Waals surface area contributed by atoms with Gasteiger partial charge in [-0.1, -0.05) is 42.0 Å². The number of rotatable bonds is 6. The standard InChI is InChI=1S/C20H23N3O4S/c1-14-5-4-6-16(11-14)19-12-18(21-23(19)20(24)13-27-2)15-7-9-17(10-8-15)22-28(3,25)26/h4-11,19,22H,12-13H2,1-3H3. The average molecular weight is 401 g/mol. The molecule has 0 aromatic heterocycles. The van der Waals surface area contributed by atoms with Crippen LogP contribution in [0.5, 0.6) is 0 Å². The lowest BCUT2D eigenvalue weighted by molar-refractivity contribution is -0.137. The molecule has 28 heavy (non-hydrogen) atoms. The van der Waals surface area contributed by atoms with E-state index in [2.05, 4.69) is 15.9 Å². The number of ether oxygens (including phenoxy) is 1. The molecule has 1 N–H and O–H groups in total. The molecule has 1 unspecified atom stereocenters. The Labute approximate surface area is 165 Å². The molecule has 7 nitrogen and oxygen atoms in total. The van der Waals surface area contributed by atoms with Gasteiger partial charge in [0.1, 0.15) is 6.61 Å². The van der Waals surface area contributed by atoms with Gasteiger partial charge < -0.3 is 4.74 Å². The van der Waals surface area contributed by atoms with Crippen molar-refractivity contribution in [2.75, 3.05) is 24.7 Å². The van der Waals surface area contributed by atoms with E-state index < -0.39 is 10.0 Å². The Kier molecular flexibility index (Phi) is 5.81. The number of sulfonamides is 1. The summed E-state index contributed by atoms with van der Waals surface area (Å²) in [5.41, 5.74) is 4.21. The molecular weight excluding hydrogens is 378 g/mol. The number of hydrazone groups is 1. The zero-order valence-electron chi connectivity index (χ0n) is 16.0. The molecule has 0 bridgehead atoms. The molecule has 1 aliphatic heterocycles. The zero-order valence-corrected chi connectivity index (χ0v) is 16.9. The molecule has 0 aliphatic carbocycles. The van der Waals surface area contributed by atoms with Gasteiger partial charge in [-0.3, -0.25) is 9.52 Å². The Hall–Kier alpha value is -2.71. The third-order valence-corrected chi connectivity index (χ3v) is 4.99. The van der Waals surface area contributed by atoms with E-state index in [0.717, 1.165) is 28.7 Å². The highest BCUT2D eigenvalue weighted by molar-refractivity contribution is 7.92. The molecule has 0 saturated heterocycles. The molecule has 148 valence electrons. The zero-order chi connectivity index (χ0) is 20.3. The van der Waals surface area contributed by atoms with E-state index in [9.17, 15) is 13.2 Å². The van der Waals surface area contributed by atoms with E-state index in [1.54, 1.807) is 24.3 Å². The number of aryl methyl sites for hydroxylation is 1. The van der Waals surface area contributed by atoms with Gasteiger partial charge in [-0.2, -0.15) is 5.10 Å². The number of hydrogen-bond acceptors (Lipinski definition) is 5. The van der Waals surface area contributed by atoms with Crippen LogP contribution in [0.3, 0.4) is 0 Å². The summed E-state index contributed by atoms with van der Waals surface area (Å²) in [5, 5.41) is 6.03. The van der Waals surface area contributed by atoms with Crippen molar-refractivity contribution < 1.29 is 17.9 Å². The Bertz CT molecular complexity index is 1000. The Morgan fingerprint density at radius 3 is 2.57 bits per heavy atom. The number of carbonyl (C=O) groups excluding carboxylic acids is 1. The smallest absolute Gasteiger partial charge is 0.269 e. The number of amides is 1. The van der Waals surface area contributed by atoms with Crippen LogP contribution in [0, 0.1) is 6.92 Å². The summed E-state index contributed by atoms with van der Waals surface area (Å²) in [6, 6.07) is 14.8. The fraction of sp³-hybridized carbons (Fsp3) is 0.300. The quantitative estimate of drug-likeness (QED) is 0.806. The Morgan fingerprint density at radius 1 is 1.25 bits per heavy atom. The molecular formula is C20H23N3O4S. The predicted octanol–water partition coefficient (Wildman–Crippen LogP) is 2.69. The number of hydrogen-bond donors (Lipinski definition) is 1. The number of benzene rings is 2. The maximum absolute atomic E-state index is 12.5. The van der Waals surface area contributed by atoms with E-state index in [1.165, 1.54) is 12.1 Å². The van der Waals surface area contributed by atoms with Gasteiger partial charge in [0.15, 0.2) is 0 Å². The van der Waals surface area contributed by atoms with Crippen molar-refractivity contribution in [3.05, 3.63) is 65.2 Å². The van der Waals surface area contributed by atoms with Crippen LogP contribution in [0.4, 0.5) is 5.69 Å². The first-order chi connectivity index (χ1) is 13.3. The number of nitrogens with zero attached hydrogens (tertiary/aromatic N) is 2. The first-order valence-electron chi connectivity index (χ1n) is 8.80. The number of methoxy groups -OCH3 is 1. The molecule has 3 rings (SSSR count). The molecule has 2 aromatic carbocycles. The lowest BCUT2D eigenvalue weighted by Gasteiger charge is -2.22. The van der Waals surface area contributed by atoms with Gasteiger partial charge in [0, 0.05) is 19.2 Å². The fourth-order valence-electron chi connectivity index (χ4n) is 3.19. The van der Waals surface area contributed by atoms with E-state index in [0.29, 0.717) is 12.1 Å². The average Bonchev–Trinajstić information content (AvgIpc) is 3.07. The maximum Gasteiger partial charge on any atom is 0.269 e. The molecule has 2 aromatic rings. The van der Waals surface area contributed by atoms with Crippen LogP contribution < -0.4 is 4.72 Å². The normalized spacial score (nSPS) is 16.8. The predicted molar refractivity (Wildman–Crippen MR) is 109 cm³/mol. The van der Waals surface area contributed by atoms with Crippen molar-refractivity contribution in [2.45, 2.75) is 19.4 Å². The van der Waals surface area contributed by atoms with E-state index >= 15 is 0 Å². The van der Waals surface area contributed by atoms with Crippen molar-refractivity contribution in [1.82, 2.24) is 5.01 Å². The van der Waals surface area contributed by atoms with Gasteiger partial charge >= 0.3 is 0 Å². The summed E-state index contributed by atoms with van der Waals surface area (Å²) in [6.45, 7) is 1.96. The summed E-state index contributed by atoms with van der Waals surface area (Å²) in [4.78, 5) is 12.5. The molecule has 1 atom stereocenters. The van der Waals surface area contributed by atoms with Crippen LogP contribution in [0.1, 0.15) is 29.2 Å². The lowest BCUT2D eigenvalue weighted by Crippen LogP contribution is -2.30. The van der Waals surface area contributed by atoms with Crippen molar-refractivity contribution in [3.63, 3.8) is 0 Å². The van der Waals surface area contributed by atoms with Crippen LogP contribution >= 0.6 is 0 Å². The number of anilines is 1. The number of nitrogens with one attached hydrogen (secondary N) is 1. The van der Waals surface area contributed by atoms with Crippen molar-refractivity contribution in [2.24, 2.45) is 5.10 Å². The lowest BCUT2D eigenvalue weighted by atomic mass is 9.97. The molecule has 1 heterocycles. The summed E-state index contributed by atoms with van der Waals surface area (Å²) in [6.07, 6.45) is 1.67. The van der Waals surface area contributed by atoms with E-state index in [-0.39, 0.29) is 18.6 Å². The van der Waals surface area contributed by atoms with E-state index in [1.807, 2.05) is 25.1 Å². The molecule has 1 aliphatic rings. The molecule has 0 saturated carbocycles. The minimum Gasteiger partial charge on any atom is -0.375 e. The van der Waals surface area contributed by atoms with Crippen molar-refractivity contribution in [1.29, 1.82) is 0 Å². The topological polar surface area (TPSA) is 88.1 Å². The van der Waals surface area contributed by atoms with Crippen LogP contribution in [0.25, 0.3) is 0 Å². The SMILES string of the molecule is COCC(=O)N1N=C(c2ccc(NS(C)(=O)=O)cc2)CC1c1cccc(C)c1. The van der Waals surface area contributed by atoms with Gasteiger partial charge in [-0.25, -0.2) is 13.4 Å². The minimum absolute atomic E-state index is 0.0453. The fourth-order valence-corrected chi connectivity index (χ4v) is 3.75. The highest BCUT2D eigenvalue weighted by Crippen LogP contribution is 2.33. The highest BCUT2D eigenvalue weighted by atomic mass is 32.2. The first-order valence-corrected chi connectivity index (χ1v) is 10.7. The molecule has 8 heteroatoms. The third kappa shape index (κ3) is 4.76. The molecule has 0 radical (unpaired) electrons. The van der Waals surface area contributed by atoms with E-state index in [4.69, 9.17) is 4.74 Å². The maximum atomic E-state index is 12.5. The summed E-state index contributed by atoms with van der Waals surface area (Å²) < 4.78 is 30.2. The molecule has 0 spiro atoms. The number of carbonyl (C=O) groups is 1.